The summed E-state index contributed by atoms with van der Waals surface area (Å²) in [5.74, 6) is -1.26. The molecule has 4 rings (SSSR count). The molecule has 11 heteroatoms. The van der Waals surface area contributed by atoms with Crippen molar-refractivity contribution in [2.45, 2.75) is 24.2 Å². The summed E-state index contributed by atoms with van der Waals surface area (Å²) < 4.78 is 37.6. The molecule has 2 aromatic carbocycles. The van der Waals surface area contributed by atoms with Crippen LogP contribution in [0, 0.1) is 0 Å². The predicted molar refractivity (Wildman–Crippen MR) is 119 cm³/mol. The van der Waals surface area contributed by atoms with Crippen LogP contribution in [0.4, 0.5) is 5.69 Å². The van der Waals surface area contributed by atoms with E-state index in [1.807, 2.05) is 0 Å². The molecule has 1 saturated heterocycles. The Morgan fingerprint density at radius 2 is 1.79 bits per heavy atom. The zero-order valence-electron chi connectivity index (χ0n) is 17.5. The fourth-order valence-electron chi connectivity index (χ4n) is 3.63. The lowest BCUT2D eigenvalue weighted by atomic mass is 10.1. The highest BCUT2D eigenvalue weighted by molar-refractivity contribution is 7.89. The van der Waals surface area contributed by atoms with Crippen molar-refractivity contribution in [3.63, 3.8) is 0 Å². The first-order valence-corrected chi connectivity index (χ1v) is 12.1. The minimum atomic E-state index is -3.86. The van der Waals surface area contributed by atoms with Crippen LogP contribution in [0.3, 0.4) is 0 Å². The quantitative estimate of drug-likeness (QED) is 0.486. The van der Waals surface area contributed by atoms with Gasteiger partial charge in [-0.1, -0.05) is 18.0 Å². The molecule has 2 heterocycles. The Bertz CT molecular complexity index is 1220. The lowest BCUT2D eigenvalue weighted by Gasteiger charge is -2.26. The molecule has 0 radical (unpaired) electrons. The summed E-state index contributed by atoms with van der Waals surface area (Å²) in [6.07, 6.45) is 2.49. The summed E-state index contributed by atoms with van der Waals surface area (Å²) in [4.78, 5) is 36.3. The fourth-order valence-corrected chi connectivity index (χ4v) is 5.64. The third kappa shape index (κ3) is 5.02. The summed E-state index contributed by atoms with van der Waals surface area (Å²) in [6.45, 7) is 0.125. The molecule has 2 aliphatic rings. The number of fused-ring (bicyclic) bond motifs is 1. The number of carbonyl (C=O) groups is 3. The Labute approximate surface area is 195 Å². The van der Waals surface area contributed by atoms with Crippen molar-refractivity contribution < 1.29 is 32.3 Å². The summed E-state index contributed by atoms with van der Waals surface area (Å²) in [5.41, 5.74) is 0.541. The number of rotatable bonds is 6. The summed E-state index contributed by atoms with van der Waals surface area (Å²) in [7, 11) is -3.86. The molecular formula is C22H21ClN2O7S. The van der Waals surface area contributed by atoms with E-state index in [9.17, 15) is 22.8 Å². The Hall–Kier alpha value is -2.95. The van der Waals surface area contributed by atoms with Gasteiger partial charge in [0.15, 0.2) is 19.0 Å². The Kier molecular flexibility index (Phi) is 6.68. The van der Waals surface area contributed by atoms with Crippen molar-refractivity contribution in [1.29, 1.82) is 0 Å². The molecule has 1 fully saturated rings. The molecule has 0 unspecified atom stereocenters. The number of benzene rings is 2. The molecule has 2 aromatic rings. The molecule has 1 amide bonds. The molecule has 0 aromatic heterocycles. The number of sulfonamides is 1. The molecule has 0 saturated carbocycles. The highest BCUT2D eigenvalue weighted by atomic mass is 35.5. The van der Waals surface area contributed by atoms with Gasteiger partial charge < -0.3 is 14.8 Å². The van der Waals surface area contributed by atoms with Crippen LogP contribution in [0.15, 0.2) is 41.3 Å². The van der Waals surface area contributed by atoms with E-state index in [1.54, 1.807) is 6.07 Å². The van der Waals surface area contributed by atoms with Crippen molar-refractivity contribution >= 4 is 45.0 Å². The second kappa shape index (κ2) is 9.50. The van der Waals surface area contributed by atoms with Gasteiger partial charge in [-0.15, -0.1) is 0 Å². The topological polar surface area (TPSA) is 119 Å². The maximum Gasteiger partial charge on any atom is 0.338 e. The van der Waals surface area contributed by atoms with Crippen molar-refractivity contribution in [1.82, 2.24) is 4.31 Å². The number of ketones is 1. The summed E-state index contributed by atoms with van der Waals surface area (Å²) in [6, 6.07) is 8.32. The molecule has 0 atom stereocenters. The van der Waals surface area contributed by atoms with E-state index >= 15 is 0 Å². The van der Waals surface area contributed by atoms with E-state index in [0.717, 1.165) is 19.3 Å². The van der Waals surface area contributed by atoms with Crippen LogP contribution in [-0.4, -0.2) is 56.7 Å². The number of nitrogens with zero attached hydrogens (tertiary/aromatic N) is 1. The number of esters is 1. The number of carbonyl (C=O) groups excluding carboxylic acids is 3. The van der Waals surface area contributed by atoms with Crippen LogP contribution in [0.1, 0.15) is 40.0 Å². The van der Waals surface area contributed by atoms with Gasteiger partial charge in [0.25, 0.3) is 5.91 Å². The Morgan fingerprint density at radius 3 is 2.55 bits per heavy atom. The zero-order chi connectivity index (χ0) is 23.6. The number of nitrogens with one attached hydrogen (secondary N) is 1. The molecule has 0 aliphatic carbocycles. The predicted octanol–water partition coefficient (Wildman–Crippen LogP) is 2.89. The number of Topliss-reactive ketones (excluding diaryl/α,β-unsaturated/α-hetero) is 1. The molecular weight excluding hydrogens is 472 g/mol. The maximum atomic E-state index is 13.0. The average molecular weight is 493 g/mol. The SMILES string of the molecule is O=C1COc2ccc(C(=O)COC(=O)c3ccc(Cl)c(S(=O)(=O)N4CCCCC4)c3)cc2N1. The van der Waals surface area contributed by atoms with E-state index in [-0.39, 0.29) is 33.6 Å². The number of hydrogen-bond donors (Lipinski definition) is 1. The number of piperidine rings is 1. The average Bonchev–Trinajstić information content (AvgIpc) is 2.82. The van der Waals surface area contributed by atoms with Gasteiger partial charge in [0.05, 0.1) is 16.3 Å². The third-order valence-electron chi connectivity index (χ3n) is 5.37. The van der Waals surface area contributed by atoms with E-state index in [2.05, 4.69) is 5.32 Å². The largest absolute Gasteiger partial charge is 0.482 e. The third-order valence-corrected chi connectivity index (χ3v) is 7.75. The second-order valence-electron chi connectivity index (χ2n) is 7.66. The van der Waals surface area contributed by atoms with Crippen molar-refractivity contribution in [2.24, 2.45) is 0 Å². The van der Waals surface area contributed by atoms with Crippen LogP contribution in [0.25, 0.3) is 0 Å². The first-order valence-electron chi connectivity index (χ1n) is 10.3. The highest BCUT2D eigenvalue weighted by Gasteiger charge is 2.29. The van der Waals surface area contributed by atoms with E-state index in [1.165, 1.54) is 34.6 Å². The molecule has 0 bridgehead atoms. The summed E-state index contributed by atoms with van der Waals surface area (Å²) >= 11 is 6.13. The van der Waals surface area contributed by atoms with Gasteiger partial charge in [0.1, 0.15) is 10.6 Å². The second-order valence-corrected chi connectivity index (χ2v) is 9.97. The number of anilines is 1. The van der Waals surface area contributed by atoms with Gasteiger partial charge in [-0.25, -0.2) is 13.2 Å². The minimum Gasteiger partial charge on any atom is -0.482 e. The van der Waals surface area contributed by atoms with Crippen LogP contribution in [0.2, 0.25) is 5.02 Å². The van der Waals surface area contributed by atoms with Gasteiger partial charge >= 0.3 is 5.97 Å². The van der Waals surface area contributed by atoms with E-state index in [0.29, 0.717) is 24.5 Å². The molecule has 9 nitrogen and oxygen atoms in total. The smallest absolute Gasteiger partial charge is 0.338 e. The van der Waals surface area contributed by atoms with Gasteiger partial charge in [0, 0.05) is 18.7 Å². The number of ether oxygens (including phenoxy) is 2. The van der Waals surface area contributed by atoms with Crippen LogP contribution in [-0.2, 0) is 19.6 Å². The number of halogens is 1. The Morgan fingerprint density at radius 1 is 1.06 bits per heavy atom. The van der Waals surface area contributed by atoms with Crippen LogP contribution >= 0.6 is 11.6 Å². The standard InChI is InChI=1S/C22H21ClN2O7S/c23-16-6-4-15(11-20(16)33(29,30)25-8-2-1-3-9-25)22(28)32-12-18(26)14-5-7-19-17(10-14)24-21(27)13-31-19/h4-7,10-11H,1-3,8-9,12-13H2,(H,24,27). The maximum absolute atomic E-state index is 13.0. The monoisotopic (exact) mass is 492 g/mol. The molecule has 0 spiro atoms. The van der Waals surface area contributed by atoms with Gasteiger partial charge in [-0.2, -0.15) is 4.31 Å². The lowest BCUT2D eigenvalue weighted by molar-refractivity contribution is -0.118. The number of amides is 1. The lowest BCUT2D eigenvalue weighted by Crippen LogP contribution is -2.35. The van der Waals surface area contributed by atoms with Crippen LogP contribution in [0.5, 0.6) is 5.75 Å². The summed E-state index contributed by atoms with van der Waals surface area (Å²) in [5, 5.41) is 2.61. The van der Waals surface area contributed by atoms with Gasteiger partial charge in [0.2, 0.25) is 10.0 Å². The highest BCUT2D eigenvalue weighted by Crippen LogP contribution is 2.29. The van der Waals surface area contributed by atoms with Gasteiger partial charge in [-0.3, -0.25) is 9.59 Å². The van der Waals surface area contributed by atoms with Crippen LogP contribution < -0.4 is 10.1 Å². The minimum absolute atomic E-state index is 0.00604. The van der Waals surface area contributed by atoms with Crippen molar-refractivity contribution in [2.75, 3.05) is 31.6 Å². The first-order chi connectivity index (χ1) is 15.8. The van der Waals surface area contributed by atoms with Crippen molar-refractivity contribution in [3.8, 4) is 5.75 Å². The normalized spacial score (nSPS) is 16.3. The molecule has 2 aliphatic heterocycles. The Balaban J connectivity index is 1.46. The molecule has 33 heavy (non-hydrogen) atoms. The first kappa shape index (κ1) is 23.2. The molecule has 1 N–H and O–H groups in total. The zero-order valence-corrected chi connectivity index (χ0v) is 19.1. The van der Waals surface area contributed by atoms with E-state index in [4.69, 9.17) is 21.1 Å². The molecule has 174 valence electrons. The number of hydrogen-bond acceptors (Lipinski definition) is 7. The van der Waals surface area contributed by atoms with Crippen molar-refractivity contribution in [3.05, 3.63) is 52.5 Å². The van der Waals surface area contributed by atoms with Gasteiger partial charge in [-0.05, 0) is 49.2 Å². The fraction of sp³-hybridized carbons (Fsp3) is 0.318. The van der Waals surface area contributed by atoms with E-state index < -0.39 is 28.4 Å².